The van der Waals surface area contributed by atoms with E-state index in [1.807, 2.05) is 79.7 Å². The van der Waals surface area contributed by atoms with Crippen LogP contribution in [0.2, 0.25) is 5.02 Å². The van der Waals surface area contributed by atoms with Crippen molar-refractivity contribution < 1.29 is 9.47 Å². The third kappa shape index (κ3) is 4.72. The number of halogens is 1. The fraction of sp³-hybridized carbons (Fsp3) is 0.208. The van der Waals surface area contributed by atoms with Crippen molar-refractivity contribution in [1.29, 1.82) is 0 Å². The van der Waals surface area contributed by atoms with Gasteiger partial charge in [-0.15, -0.1) is 0 Å². The van der Waals surface area contributed by atoms with Crippen LogP contribution in [0.15, 0.2) is 78.9 Å². The Labute approximate surface area is 175 Å². The molecule has 0 radical (unpaired) electrons. The van der Waals surface area contributed by atoms with Crippen LogP contribution in [0.25, 0.3) is 11.0 Å². The maximum atomic E-state index is 6.13. The maximum Gasteiger partial charge on any atom is 0.153 e. The second-order valence-corrected chi connectivity index (χ2v) is 7.28. The normalized spacial score (nSPS) is 12.1. The number of para-hydroxylation sites is 3. The van der Waals surface area contributed by atoms with Crippen molar-refractivity contribution in [1.82, 2.24) is 9.55 Å². The van der Waals surface area contributed by atoms with E-state index in [9.17, 15) is 0 Å². The lowest BCUT2D eigenvalue weighted by molar-refractivity contribution is 0.210. The Kier molecular flexibility index (Phi) is 6.01. The molecule has 0 N–H and O–H groups in total. The molecule has 0 fully saturated rings. The monoisotopic (exact) mass is 406 g/mol. The zero-order valence-corrected chi connectivity index (χ0v) is 17.0. The molecule has 5 heteroatoms. The summed E-state index contributed by atoms with van der Waals surface area (Å²) in [5.41, 5.74) is 2.08. The van der Waals surface area contributed by atoms with Crippen LogP contribution in [0.4, 0.5) is 0 Å². The van der Waals surface area contributed by atoms with Gasteiger partial charge in [-0.2, -0.15) is 0 Å². The Morgan fingerprint density at radius 1 is 0.897 bits per heavy atom. The SMILES string of the molecule is CC(Oc1ccc(Cl)cc1)c1nc2ccccc2n1CCCOc1ccccc1. The van der Waals surface area contributed by atoms with Gasteiger partial charge in [0.1, 0.15) is 11.5 Å². The summed E-state index contributed by atoms with van der Waals surface area (Å²) >= 11 is 5.98. The van der Waals surface area contributed by atoms with Gasteiger partial charge in [0.15, 0.2) is 11.9 Å². The first kappa shape index (κ1) is 19.3. The van der Waals surface area contributed by atoms with Gasteiger partial charge < -0.3 is 14.0 Å². The predicted molar refractivity (Wildman–Crippen MR) is 117 cm³/mol. The first-order chi connectivity index (χ1) is 14.2. The lowest BCUT2D eigenvalue weighted by Crippen LogP contribution is -2.13. The van der Waals surface area contributed by atoms with Crippen LogP contribution in [0.5, 0.6) is 11.5 Å². The van der Waals surface area contributed by atoms with Crippen molar-refractivity contribution in [3.05, 3.63) is 89.7 Å². The summed E-state index contributed by atoms with van der Waals surface area (Å²) in [4.78, 5) is 4.83. The molecule has 4 rings (SSSR count). The van der Waals surface area contributed by atoms with E-state index in [1.54, 1.807) is 0 Å². The molecule has 3 aromatic carbocycles. The fourth-order valence-electron chi connectivity index (χ4n) is 3.34. The van der Waals surface area contributed by atoms with Gasteiger partial charge in [0, 0.05) is 11.6 Å². The highest BCUT2D eigenvalue weighted by molar-refractivity contribution is 6.30. The van der Waals surface area contributed by atoms with E-state index in [1.165, 1.54) is 0 Å². The zero-order valence-electron chi connectivity index (χ0n) is 16.3. The van der Waals surface area contributed by atoms with Crippen LogP contribution in [0.3, 0.4) is 0 Å². The summed E-state index contributed by atoms with van der Waals surface area (Å²) in [7, 11) is 0. The number of hydrogen-bond acceptors (Lipinski definition) is 3. The summed E-state index contributed by atoms with van der Waals surface area (Å²) in [6, 6.07) is 25.5. The van der Waals surface area contributed by atoms with Gasteiger partial charge >= 0.3 is 0 Å². The van der Waals surface area contributed by atoms with E-state index in [-0.39, 0.29) is 6.10 Å². The highest BCUT2D eigenvalue weighted by atomic mass is 35.5. The van der Waals surface area contributed by atoms with E-state index in [4.69, 9.17) is 26.1 Å². The second kappa shape index (κ2) is 9.01. The van der Waals surface area contributed by atoms with Gasteiger partial charge in [-0.05, 0) is 61.9 Å². The van der Waals surface area contributed by atoms with Crippen molar-refractivity contribution in [3.63, 3.8) is 0 Å². The minimum absolute atomic E-state index is 0.196. The molecule has 148 valence electrons. The summed E-state index contributed by atoms with van der Waals surface area (Å²) in [5, 5.41) is 0.690. The Hall–Kier alpha value is -2.98. The number of imidazole rings is 1. The summed E-state index contributed by atoms with van der Waals surface area (Å²) < 4.78 is 14.2. The van der Waals surface area contributed by atoms with E-state index in [0.29, 0.717) is 11.6 Å². The molecule has 1 atom stereocenters. The van der Waals surface area contributed by atoms with Crippen molar-refractivity contribution in [3.8, 4) is 11.5 Å². The highest BCUT2D eigenvalue weighted by Gasteiger charge is 2.18. The maximum absolute atomic E-state index is 6.13. The zero-order chi connectivity index (χ0) is 20.1. The molecule has 0 aliphatic heterocycles. The van der Waals surface area contributed by atoms with Crippen molar-refractivity contribution in [2.45, 2.75) is 26.0 Å². The molecule has 1 heterocycles. The predicted octanol–water partition coefficient (Wildman–Crippen LogP) is 6.30. The molecule has 0 aliphatic rings. The molecule has 1 aromatic heterocycles. The standard InChI is InChI=1S/C24H23ClN2O2/c1-18(29-21-14-12-19(25)13-15-21)24-26-22-10-5-6-11-23(22)27(24)16-7-17-28-20-8-3-2-4-9-20/h2-6,8-15,18H,7,16-17H2,1H3. The first-order valence-electron chi connectivity index (χ1n) is 9.76. The topological polar surface area (TPSA) is 36.3 Å². The van der Waals surface area contributed by atoms with E-state index < -0.39 is 0 Å². The van der Waals surface area contributed by atoms with Crippen LogP contribution < -0.4 is 9.47 Å². The number of hydrogen-bond donors (Lipinski definition) is 0. The number of fused-ring (bicyclic) bond motifs is 1. The van der Waals surface area contributed by atoms with Crippen LogP contribution in [0, 0.1) is 0 Å². The van der Waals surface area contributed by atoms with Crippen LogP contribution in [-0.2, 0) is 6.54 Å². The lowest BCUT2D eigenvalue weighted by Gasteiger charge is -2.17. The minimum Gasteiger partial charge on any atom is -0.494 e. The van der Waals surface area contributed by atoms with Gasteiger partial charge in [-0.1, -0.05) is 41.9 Å². The number of ether oxygens (including phenoxy) is 2. The van der Waals surface area contributed by atoms with Crippen molar-refractivity contribution in [2.24, 2.45) is 0 Å². The molecule has 4 aromatic rings. The summed E-state index contributed by atoms with van der Waals surface area (Å²) in [6.45, 7) is 3.46. The summed E-state index contributed by atoms with van der Waals surface area (Å²) in [5.74, 6) is 2.57. The number of nitrogens with zero attached hydrogens (tertiary/aromatic N) is 2. The lowest BCUT2D eigenvalue weighted by atomic mass is 10.3. The Morgan fingerprint density at radius 2 is 1.62 bits per heavy atom. The van der Waals surface area contributed by atoms with E-state index >= 15 is 0 Å². The summed E-state index contributed by atoms with van der Waals surface area (Å²) in [6.07, 6.45) is 0.675. The van der Waals surface area contributed by atoms with Gasteiger partial charge in [0.2, 0.25) is 0 Å². The number of rotatable bonds is 8. The molecule has 0 aliphatic carbocycles. The van der Waals surface area contributed by atoms with Crippen LogP contribution >= 0.6 is 11.6 Å². The van der Waals surface area contributed by atoms with Crippen LogP contribution in [-0.4, -0.2) is 16.2 Å². The molecule has 0 bridgehead atoms. The second-order valence-electron chi connectivity index (χ2n) is 6.84. The van der Waals surface area contributed by atoms with E-state index in [0.717, 1.165) is 41.3 Å². The first-order valence-corrected chi connectivity index (χ1v) is 10.1. The molecule has 29 heavy (non-hydrogen) atoms. The average molecular weight is 407 g/mol. The molecular formula is C24H23ClN2O2. The Balaban J connectivity index is 1.49. The largest absolute Gasteiger partial charge is 0.494 e. The molecule has 4 nitrogen and oxygen atoms in total. The quantitative estimate of drug-likeness (QED) is 0.322. The fourth-order valence-corrected chi connectivity index (χ4v) is 3.46. The smallest absolute Gasteiger partial charge is 0.153 e. The molecule has 0 amide bonds. The Morgan fingerprint density at radius 3 is 2.41 bits per heavy atom. The number of benzene rings is 3. The average Bonchev–Trinajstić information content (AvgIpc) is 3.12. The van der Waals surface area contributed by atoms with Gasteiger partial charge in [0.25, 0.3) is 0 Å². The molecular weight excluding hydrogens is 384 g/mol. The number of aromatic nitrogens is 2. The van der Waals surface area contributed by atoms with Crippen molar-refractivity contribution in [2.75, 3.05) is 6.61 Å². The minimum atomic E-state index is -0.196. The number of aryl methyl sites for hydroxylation is 1. The molecule has 0 saturated carbocycles. The van der Waals surface area contributed by atoms with Crippen LogP contribution in [0.1, 0.15) is 25.3 Å². The Bertz CT molecular complexity index is 1060. The van der Waals surface area contributed by atoms with E-state index in [2.05, 4.69) is 10.6 Å². The molecule has 1 unspecified atom stereocenters. The molecule has 0 saturated heterocycles. The third-order valence-corrected chi connectivity index (χ3v) is 4.96. The van der Waals surface area contributed by atoms with Gasteiger partial charge in [0.05, 0.1) is 17.6 Å². The van der Waals surface area contributed by atoms with Gasteiger partial charge in [-0.3, -0.25) is 0 Å². The van der Waals surface area contributed by atoms with Crippen molar-refractivity contribution >= 4 is 22.6 Å². The molecule has 0 spiro atoms. The van der Waals surface area contributed by atoms with Gasteiger partial charge in [-0.25, -0.2) is 4.98 Å². The third-order valence-electron chi connectivity index (χ3n) is 4.71. The highest BCUT2D eigenvalue weighted by Crippen LogP contribution is 2.26.